The Hall–Kier alpha value is -3.71. The molecule has 150 valence electrons. The van der Waals surface area contributed by atoms with Crippen molar-refractivity contribution in [3.05, 3.63) is 83.3 Å². The van der Waals surface area contributed by atoms with E-state index in [2.05, 4.69) is 15.3 Å². The summed E-state index contributed by atoms with van der Waals surface area (Å²) in [6, 6.07) is 14.5. The molecular weight excluding hydrogens is 404 g/mol. The zero-order valence-electron chi connectivity index (χ0n) is 16.0. The predicted molar refractivity (Wildman–Crippen MR) is 114 cm³/mol. The lowest BCUT2D eigenvalue weighted by Crippen LogP contribution is -2.23. The largest absolute Gasteiger partial charge is 0.497 e. The van der Waals surface area contributed by atoms with Crippen molar-refractivity contribution in [2.45, 2.75) is 6.54 Å². The Morgan fingerprint density at radius 3 is 2.53 bits per heavy atom. The molecule has 0 unspecified atom stereocenters. The summed E-state index contributed by atoms with van der Waals surface area (Å²) in [5.41, 5.74) is 2.08. The fourth-order valence-corrected chi connectivity index (χ4v) is 3.27. The SMILES string of the molecule is COc1ccc2c(c1)c(C(=O)C(=O)Nc1ncccn1)cn2Cc1ccc(Cl)cc1. The lowest BCUT2D eigenvalue weighted by Gasteiger charge is -2.06. The maximum atomic E-state index is 12.9. The smallest absolute Gasteiger partial charge is 0.299 e. The number of carbonyl (C=O) groups excluding carboxylic acids is 2. The summed E-state index contributed by atoms with van der Waals surface area (Å²) in [5, 5.41) is 3.70. The third-order valence-electron chi connectivity index (χ3n) is 4.60. The first kappa shape index (κ1) is 19.6. The molecule has 0 aliphatic rings. The van der Waals surface area contributed by atoms with Gasteiger partial charge in [-0.25, -0.2) is 9.97 Å². The second kappa shape index (κ2) is 8.34. The van der Waals surface area contributed by atoms with Crippen LogP contribution < -0.4 is 10.1 Å². The van der Waals surface area contributed by atoms with Crippen molar-refractivity contribution in [3.8, 4) is 5.75 Å². The number of amides is 1. The highest BCUT2D eigenvalue weighted by Crippen LogP contribution is 2.27. The molecule has 1 N–H and O–H groups in total. The van der Waals surface area contributed by atoms with E-state index >= 15 is 0 Å². The molecule has 4 aromatic rings. The molecule has 7 nitrogen and oxygen atoms in total. The summed E-state index contributed by atoms with van der Waals surface area (Å²) >= 11 is 5.97. The number of aromatic nitrogens is 3. The first-order valence-corrected chi connectivity index (χ1v) is 9.47. The molecule has 0 radical (unpaired) electrons. The zero-order valence-corrected chi connectivity index (χ0v) is 16.8. The van der Waals surface area contributed by atoms with Crippen molar-refractivity contribution in [1.82, 2.24) is 14.5 Å². The summed E-state index contributed by atoms with van der Waals surface area (Å²) in [4.78, 5) is 33.3. The van der Waals surface area contributed by atoms with Crippen LogP contribution in [0.15, 0.2) is 67.1 Å². The number of nitrogens with one attached hydrogen (secondary N) is 1. The molecule has 0 saturated carbocycles. The van der Waals surface area contributed by atoms with Gasteiger partial charge in [0.05, 0.1) is 12.7 Å². The number of hydrogen-bond donors (Lipinski definition) is 1. The molecule has 0 spiro atoms. The number of ketones is 1. The van der Waals surface area contributed by atoms with Crippen LogP contribution in [0.5, 0.6) is 5.75 Å². The van der Waals surface area contributed by atoms with E-state index in [0.717, 1.165) is 11.1 Å². The first-order valence-electron chi connectivity index (χ1n) is 9.09. The fourth-order valence-electron chi connectivity index (χ4n) is 3.15. The van der Waals surface area contributed by atoms with Gasteiger partial charge in [-0.15, -0.1) is 0 Å². The second-order valence-electron chi connectivity index (χ2n) is 6.54. The van der Waals surface area contributed by atoms with E-state index in [9.17, 15) is 9.59 Å². The van der Waals surface area contributed by atoms with Gasteiger partial charge in [0.15, 0.2) is 0 Å². The van der Waals surface area contributed by atoms with Gasteiger partial charge in [0.2, 0.25) is 5.95 Å². The molecular formula is C22H17ClN4O3. The molecule has 1 amide bonds. The number of nitrogens with zero attached hydrogens (tertiary/aromatic N) is 3. The normalized spacial score (nSPS) is 10.7. The predicted octanol–water partition coefficient (Wildman–Crippen LogP) is 3.96. The number of halogens is 1. The van der Waals surface area contributed by atoms with Crippen molar-refractivity contribution < 1.29 is 14.3 Å². The number of carbonyl (C=O) groups is 2. The minimum Gasteiger partial charge on any atom is -0.497 e. The molecule has 30 heavy (non-hydrogen) atoms. The molecule has 8 heteroatoms. The van der Waals surface area contributed by atoms with Gasteiger partial charge < -0.3 is 9.30 Å². The number of ether oxygens (including phenoxy) is 1. The van der Waals surface area contributed by atoms with E-state index in [1.807, 2.05) is 41.0 Å². The molecule has 0 fully saturated rings. The maximum absolute atomic E-state index is 12.9. The van der Waals surface area contributed by atoms with Crippen LogP contribution in [0.1, 0.15) is 15.9 Å². The summed E-state index contributed by atoms with van der Waals surface area (Å²) in [6.45, 7) is 0.511. The van der Waals surface area contributed by atoms with Crippen molar-refractivity contribution in [2.75, 3.05) is 12.4 Å². The fraction of sp³-hybridized carbons (Fsp3) is 0.0909. The van der Waals surface area contributed by atoms with Gasteiger partial charge in [-0.1, -0.05) is 23.7 Å². The van der Waals surface area contributed by atoms with Gasteiger partial charge in [-0.3, -0.25) is 14.9 Å². The third kappa shape index (κ3) is 4.01. The number of rotatable bonds is 6. The van der Waals surface area contributed by atoms with Crippen LogP contribution in [0.2, 0.25) is 5.02 Å². The average molecular weight is 421 g/mol. The minimum absolute atomic E-state index is 0.0679. The van der Waals surface area contributed by atoms with Crippen LogP contribution in [0, 0.1) is 0 Å². The zero-order chi connectivity index (χ0) is 21.1. The van der Waals surface area contributed by atoms with E-state index in [1.165, 1.54) is 12.4 Å². The van der Waals surface area contributed by atoms with Crippen LogP contribution in [-0.4, -0.2) is 33.3 Å². The summed E-state index contributed by atoms with van der Waals surface area (Å²) in [6.07, 6.45) is 4.64. The van der Waals surface area contributed by atoms with Gasteiger partial charge >= 0.3 is 0 Å². The quantitative estimate of drug-likeness (QED) is 0.377. The van der Waals surface area contributed by atoms with E-state index in [-0.39, 0.29) is 11.5 Å². The molecule has 0 bridgehead atoms. The van der Waals surface area contributed by atoms with Crippen molar-refractivity contribution in [2.24, 2.45) is 0 Å². The van der Waals surface area contributed by atoms with Crippen LogP contribution in [0.25, 0.3) is 10.9 Å². The van der Waals surface area contributed by atoms with Gasteiger partial charge in [-0.2, -0.15) is 0 Å². The lowest BCUT2D eigenvalue weighted by atomic mass is 10.1. The molecule has 0 saturated heterocycles. The highest BCUT2D eigenvalue weighted by molar-refractivity contribution is 6.48. The van der Waals surface area contributed by atoms with Gasteiger partial charge in [0.1, 0.15) is 5.75 Å². The summed E-state index contributed by atoms with van der Waals surface area (Å²) in [7, 11) is 1.55. The van der Waals surface area contributed by atoms with Crippen LogP contribution >= 0.6 is 11.6 Å². The second-order valence-corrected chi connectivity index (χ2v) is 6.97. The Morgan fingerprint density at radius 1 is 1.10 bits per heavy atom. The van der Waals surface area contributed by atoms with Crippen LogP contribution in [0.4, 0.5) is 5.95 Å². The topological polar surface area (TPSA) is 86.1 Å². The van der Waals surface area contributed by atoms with Crippen molar-refractivity contribution >= 4 is 40.1 Å². The molecule has 4 rings (SSSR count). The molecule has 0 aliphatic carbocycles. The van der Waals surface area contributed by atoms with Crippen LogP contribution in [0.3, 0.4) is 0 Å². The maximum Gasteiger partial charge on any atom is 0.299 e. The molecule has 2 aromatic carbocycles. The number of anilines is 1. The lowest BCUT2D eigenvalue weighted by molar-refractivity contribution is -0.112. The number of fused-ring (bicyclic) bond motifs is 1. The highest BCUT2D eigenvalue weighted by Gasteiger charge is 2.23. The first-order chi connectivity index (χ1) is 14.5. The van der Waals surface area contributed by atoms with Crippen molar-refractivity contribution in [3.63, 3.8) is 0 Å². The Morgan fingerprint density at radius 2 is 1.83 bits per heavy atom. The van der Waals surface area contributed by atoms with Crippen molar-refractivity contribution in [1.29, 1.82) is 0 Å². The highest BCUT2D eigenvalue weighted by atomic mass is 35.5. The Bertz CT molecular complexity index is 1220. The van der Waals surface area contributed by atoms with E-state index in [1.54, 1.807) is 25.4 Å². The standard InChI is InChI=1S/C22H17ClN4O3/c1-30-16-7-8-19-17(11-16)18(13-27(19)12-14-3-5-15(23)6-4-14)20(28)21(29)26-22-24-9-2-10-25-22/h2-11,13H,12H2,1H3,(H,24,25,26,29). The van der Waals surface area contributed by atoms with E-state index in [0.29, 0.717) is 22.7 Å². The Labute approximate surface area is 177 Å². The van der Waals surface area contributed by atoms with Gasteiger partial charge in [-0.05, 0) is 42.0 Å². The monoisotopic (exact) mass is 420 g/mol. The Balaban J connectivity index is 1.71. The Kier molecular flexibility index (Phi) is 5.45. The molecule has 0 aliphatic heterocycles. The third-order valence-corrected chi connectivity index (χ3v) is 4.85. The van der Waals surface area contributed by atoms with Gasteiger partial charge in [0, 0.05) is 41.1 Å². The number of benzene rings is 2. The minimum atomic E-state index is -0.811. The molecule has 0 atom stereocenters. The summed E-state index contributed by atoms with van der Waals surface area (Å²) in [5.74, 6) is -0.837. The molecule has 2 aromatic heterocycles. The van der Waals surface area contributed by atoms with Gasteiger partial charge in [0.25, 0.3) is 11.7 Å². The number of hydrogen-bond acceptors (Lipinski definition) is 5. The number of methoxy groups -OCH3 is 1. The van der Waals surface area contributed by atoms with E-state index < -0.39 is 11.7 Å². The molecule has 2 heterocycles. The van der Waals surface area contributed by atoms with Crippen LogP contribution in [-0.2, 0) is 11.3 Å². The average Bonchev–Trinajstić information content (AvgIpc) is 3.13. The number of Topliss-reactive ketones (excluding diaryl/α,β-unsaturated/α-hetero) is 1. The summed E-state index contributed by atoms with van der Waals surface area (Å²) < 4.78 is 7.21. The van der Waals surface area contributed by atoms with E-state index in [4.69, 9.17) is 16.3 Å².